The van der Waals surface area contributed by atoms with E-state index in [4.69, 9.17) is 0 Å². The summed E-state index contributed by atoms with van der Waals surface area (Å²) >= 11 is 0. The lowest BCUT2D eigenvalue weighted by atomic mass is 10.1. The van der Waals surface area contributed by atoms with Crippen LogP contribution in [0.15, 0.2) is 46.1 Å². The highest BCUT2D eigenvalue weighted by molar-refractivity contribution is 5.89. The van der Waals surface area contributed by atoms with Crippen LogP contribution in [-0.2, 0) is 16.0 Å². The molecule has 8 heteroatoms. The Kier molecular flexibility index (Phi) is 5.08. The fourth-order valence-electron chi connectivity index (χ4n) is 2.04. The van der Waals surface area contributed by atoms with Crippen LogP contribution >= 0.6 is 0 Å². The summed E-state index contributed by atoms with van der Waals surface area (Å²) in [6.07, 6.45) is 0.921. The topological polar surface area (TPSA) is 124 Å². The Morgan fingerprint density at radius 3 is 2.48 bits per heavy atom. The minimum absolute atomic E-state index is 0.103. The molecule has 120 valence electrons. The molecule has 8 nitrogen and oxygen atoms in total. The summed E-state index contributed by atoms with van der Waals surface area (Å²) in [6, 6.07) is 7.87. The molecule has 23 heavy (non-hydrogen) atoms. The average Bonchev–Trinajstić information content (AvgIpc) is 2.55. The van der Waals surface area contributed by atoms with Crippen LogP contribution < -0.4 is 21.9 Å². The number of benzene rings is 1. The highest BCUT2D eigenvalue weighted by Gasteiger charge is 2.22. The van der Waals surface area contributed by atoms with E-state index in [1.807, 2.05) is 4.98 Å². The van der Waals surface area contributed by atoms with Crippen molar-refractivity contribution in [1.82, 2.24) is 20.6 Å². The van der Waals surface area contributed by atoms with E-state index < -0.39 is 23.2 Å². The van der Waals surface area contributed by atoms with E-state index in [0.717, 1.165) is 0 Å². The van der Waals surface area contributed by atoms with E-state index in [-0.39, 0.29) is 17.9 Å². The zero-order valence-electron chi connectivity index (χ0n) is 12.4. The first-order chi connectivity index (χ1) is 11.0. The van der Waals surface area contributed by atoms with Gasteiger partial charge in [0.2, 0.25) is 11.8 Å². The Bertz CT molecular complexity index is 810. The first-order valence-corrected chi connectivity index (χ1v) is 6.88. The van der Waals surface area contributed by atoms with Gasteiger partial charge in [0, 0.05) is 18.8 Å². The molecular weight excluding hydrogens is 300 g/mol. The summed E-state index contributed by atoms with van der Waals surface area (Å²) in [5.74, 6) is -0.889. The number of rotatable bonds is 5. The number of likely N-dealkylation sites (N-methyl/N-ethyl adjacent to an activating group) is 1. The summed E-state index contributed by atoms with van der Waals surface area (Å²) in [5.41, 5.74) is -0.562. The molecule has 1 aromatic heterocycles. The van der Waals surface area contributed by atoms with Crippen molar-refractivity contribution in [2.24, 2.45) is 0 Å². The van der Waals surface area contributed by atoms with Crippen molar-refractivity contribution in [1.29, 1.82) is 0 Å². The van der Waals surface area contributed by atoms with Gasteiger partial charge in [0.15, 0.2) is 0 Å². The third-order valence-electron chi connectivity index (χ3n) is 3.19. The lowest BCUT2D eigenvalue weighted by Gasteiger charge is -2.17. The second-order valence-electron chi connectivity index (χ2n) is 4.80. The predicted molar refractivity (Wildman–Crippen MR) is 82.8 cm³/mol. The quantitative estimate of drug-likeness (QED) is 0.577. The maximum atomic E-state index is 12.1. The average molecular weight is 316 g/mol. The van der Waals surface area contributed by atoms with Crippen LogP contribution in [0.5, 0.6) is 0 Å². The minimum atomic E-state index is -0.865. The molecule has 0 aliphatic heterocycles. The van der Waals surface area contributed by atoms with Crippen LogP contribution in [0.3, 0.4) is 0 Å². The smallest absolute Gasteiger partial charge is 0.325 e. The van der Waals surface area contributed by atoms with E-state index >= 15 is 0 Å². The van der Waals surface area contributed by atoms with Crippen molar-refractivity contribution in [3.8, 4) is 0 Å². The highest BCUT2D eigenvalue weighted by atomic mass is 16.2. The van der Waals surface area contributed by atoms with Crippen molar-refractivity contribution in [3.05, 3.63) is 68.5 Å². The molecule has 4 N–H and O–H groups in total. The second-order valence-corrected chi connectivity index (χ2v) is 4.80. The van der Waals surface area contributed by atoms with Crippen molar-refractivity contribution < 1.29 is 9.59 Å². The van der Waals surface area contributed by atoms with E-state index in [1.165, 1.54) is 13.2 Å². The van der Waals surface area contributed by atoms with Crippen LogP contribution in [0.25, 0.3) is 0 Å². The number of H-pyrrole nitrogens is 2. The van der Waals surface area contributed by atoms with Crippen molar-refractivity contribution in [2.45, 2.75) is 12.5 Å². The van der Waals surface area contributed by atoms with Crippen LogP contribution in [0.1, 0.15) is 17.2 Å². The van der Waals surface area contributed by atoms with Crippen LogP contribution in [-0.4, -0.2) is 28.8 Å². The fraction of sp³-hybridized carbons (Fsp3) is 0.200. The summed E-state index contributed by atoms with van der Waals surface area (Å²) in [5, 5.41) is 5.06. The molecular formula is C15H16N4O4. The van der Waals surface area contributed by atoms with Crippen LogP contribution in [0, 0.1) is 0 Å². The van der Waals surface area contributed by atoms with Gasteiger partial charge < -0.3 is 15.6 Å². The Hall–Kier alpha value is -3.16. The lowest BCUT2D eigenvalue weighted by molar-refractivity contribution is -0.128. The number of hydrogen-bond acceptors (Lipinski definition) is 4. The van der Waals surface area contributed by atoms with Gasteiger partial charge >= 0.3 is 5.69 Å². The highest BCUT2D eigenvalue weighted by Crippen LogP contribution is 2.12. The van der Waals surface area contributed by atoms with Crippen LogP contribution in [0.4, 0.5) is 0 Å². The number of carbonyl (C=O) groups excluding carboxylic acids is 2. The maximum absolute atomic E-state index is 12.1. The standard InChI is InChI=1S/C15H16N4O4/c1-16-14(22)12(9-5-3-2-4-6-9)18-11(20)7-10-8-17-15(23)19-13(10)21/h2-6,8,12H,7H2,1H3,(H,16,22)(H,18,20)(H2,17,19,21,23)/t12-/m0/s1. The van der Waals surface area contributed by atoms with E-state index in [0.29, 0.717) is 5.56 Å². The van der Waals surface area contributed by atoms with E-state index in [2.05, 4.69) is 15.6 Å². The van der Waals surface area contributed by atoms with Gasteiger partial charge in [0.1, 0.15) is 6.04 Å². The summed E-state index contributed by atoms with van der Waals surface area (Å²) < 4.78 is 0. The molecule has 2 rings (SSSR count). The first-order valence-electron chi connectivity index (χ1n) is 6.88. The van der Waals surface area contributed by atoms with Gasteiger partial charge in [0.25, 0.3) is 5.56 Å². The molecule has 2 amide bonds. The van der Waals surface area contributed by atoms with Crippen LogP contribution in [0.2, 0.25) is 0 Å². The number of carbonyl (C=O) groups is 2. The molecule has 2 aromatic rings. The Labute approximate surface area is 130 Å². The van der Waals surface area contributed by atoms with Gasteiger partial charge in [-0.3, -0.25) is 19.4 Å². The molecule has 0 aliphatic carbocycles. The maximum Gasteiger partial charge on any atom is 0.325 e. The second kappa shape index (κ2) is 7.21. The largest absolute Gasteiger partial charge is 0.357 e. The molecule has 1 heterocycles. The summed E-state index contributed by atoms with van der Waals surface area (Å²) in [4.78, 5) is 51.0. The van der Waals surface area contributed by atoms with Crippen molar-refractivity contribution >= 4 is 11.8 Å². The normalized spacial score (nSPS) is 11.5. The molecule has 0 fully saturated rings. The van der Waals surface area contributed by atoms with Gasteiger partial charge in [-0.05, 0) is 5.56 Å². The SMILES string of the molecule is CNC(=O)[C@@H](NC(=O)Cc1c[nH]c(=O)[nH]c1=O)c1ccccc1. The van der Waals surface area contributed by atoms with Crippen molar-refractivity contribution in [2.75, 3.05) is 7.05 Å². The van der Waals surface area contributed by atoms with Gasteiger partial charge in [-0.1, -0.05) is 30.3 Å². The molecule has 0 spiro atoms. The zero-order chi connectivity index (χ0) is 16.8. The summed E-state index contributed by atoms with van der Waals surface area (Å²) in [6.45, 7) is 0. The summed E-state index contributed by atoms with van der Waals surface area (Å²) in [7, 11) is 1.47. The van der Waals surface area contributed by atoms with Crippen molar-refractivity contribution in [3.63, 3.8) is 0 Å². The molecule has 0 saturated heterocycles. The molecule has 0 aliphatic rings. The molecule has 0 unspecified atom stereocenters. The number of amides is 2. The van der Waals surface area contributed by atoms with E-state index in [9.17, 15) is 19.2 Å². The minimum Gasteiger partial charge on any atom is -0.357 e. The Balaban J connectivity index is 2.16. The number of aromatic nitrogens is 2. The molecule has 1 atom stereocenters. The van der Waals surface area contributed by atoms with Gasteiger partial charge in [0.05, 0.1) is 6.42 Å². The van der Waals surface area contributed by atoms with Gasteiger partial charge in [-0.2, -0.15) is 0 Å². The Morgan fingerprint density at radius 2 is 1.87 bits per heavy atom. The number of aromatic amines is 2. The number of nitrogens with one attached hydrogen (secondary N) is 4. The van der Waals surface area contributed by atoms with Gasteiger partial charge in [-0.15, -0.1) is 0 Å². The molecule has 0 radical (unpaired) electrons. The third-order valence-corrected chi connectivity index (χ3v) is 3.19. The molecule has 1 aromatic carbocycles. The van der Waals surface area contributed by atoms with Gasteiger partial charge in [-0.25, -0.2) is 4.79 Å². The monoisotopic (exact) mass is 316 g/mol. The molecule has 0 bridgehead atoms. The predicted octanol–water partition coefficient (Wildman–Crippen LogP) is -0.791. The zero-order valence-corrected chi connectivity index (χ0v) is 12.4. The third kappa shape index (κ3) is 4.16. The van der Waals surface area contributed by atoms with E-state index in [1.54, 1.807) is 30.3 Å². The first kappa shape index (κ1) is 16.2. The lowest BCUT2D eigenvalue weighted by Crippen LogP contribution is -2.40. The molecule has 0 saturated carbocycles. The fourth-order valence-corrected chi connectivity index (χ4v) is 2.04. The Morgan fingerprint density at radius 1 is 1.17 bits per heavy atom. The number of hydrogen-bond donors (Lipinski definition) is 4.